The Morgan fingerprint density at radius 3 is 2.43 bits per heavy atom. The van der Waals surface area contributed by atoms with Crippen LogP contribution in [0.4, 0.5) is 0 Å². The van der Waals surface area contributed by atoms with E-state index in [1.54, 1.807) is 0 Å². The summed E-state index contributed by atoms with van der Waals surface area (Å²) >= 11 is 12.4. The summed E-state index contributed by atoms with van der Waals surface area (Å²) in [4.78, 5) is 2.46. The zero-order chi connectivity index (χ0) is 15.8. The molecule has 0 aliphatic heterocycles. The van der Waals surface area contributed by atoms with Crippen molar-refractivity contribution < 1.29 is 0 Å². The Bertz CT molecular complexity index is 419. The summed E-state index contributed by atoms with van der Waals surface area (Å²) in [6.45, 7) is 12.2. The van der Waals surface area contributed by atoms with Gasteiger partial charge in [-0.15, -0.1) is 0 Å². The van der Waals surface area contributed by atoms with Gasteiger partial charge in [0, 0.05) is 12.1 Å². The van der Waals surface area contributed by atoms with Crippen LogP contribution in [0.3, 0.4) is 0 Å². The molecule has 2 nitrogen and oxygen atoms in total. The molecule has 2 atom stereocenters. The molecule has 21 heavy (non-hydrogen) atoms. The van der Waals surface area contributed by atoms with Gasteiger partial charge in [-0.2, -0.15) is 0 Å². The molecule has 0 aliphatic rings. The fourth-order valence-corrected chi connectivity index (χ4v) is 3.09. The Labute approximate surface area is 139 Å². The van der Waals surface area contributed by atoms with Gasteiger partial charge in [0.25, 0.3) is 0 Å². The molecule has 0 fully saturated rings. The van der Waals surface area contributed by atoms with Crippen molar-refractivity contribution in [2.24, 2.45) is 0 Å². The average molecular weight is 331 g/mol. The summed E-state index contributed by atoms with van der Waals surface area (Å²) in [5.74, 6) is 0. The fraction of sp³-hybridized carbons (Fsp3) is 0.647. The van der Waals surface area contributed by atoms with E-state index in [1.807, 2.05) is 18.2 Å². The normalized spacial score (nSPS) is 14.4. The third kappa shape index (κ3) is 6.15. The van der Waals surface area contributed by atoms with Crippen molar-refractivity contribution in [3.63, 3.8) is 0 Å². The van der Waals surface area contributed by atoms with Gasteiger partial charge in [-0.3, -0.25) is 0 Å². The minimum absolute atomic E-state index is 0.208. The Balaban J connectivity index is 2.43. The molecular formula is C17H28Cl2N2. The quantitative estimate of drug-likeness (QED) is 0.673. The first-order valence-corrected chi connectivity index (χ1v) is 8.67. The van der Waals surface area contributed by atoms with E-state index in [2.05, 4.69) is 37.9 Å². The Hall–Kier alpha value is -0.280. The first kappa shape index (κ1) is 18.8. The number of benzene rings is 1. The predicted octanol–water partition coefficient (Wildman–Crippen LogP) is 5.15. The maximum atomic E-state index is 6.28. The van der Waals surface area contributed by atoms with Crippen LogP contribution in [0.1, 0.15) is 52.1 Å². The molecule has 1 N–H and O–H groups in total. The van der Waals surface area contributed by atoms with E-state index in [0.717, 1.165) is 18.7 Å². The van der Waals surface area contributed by atoms with Gasteiger partial charge >= 0.3 is 0 Å². The minimum Gasteiger partial charge on any atom is -0.308 e. The molecule has 1 aromatic carbocycles. The molecule has 4 heteroatoms. The van der Waals surface area contributed by atoms with Gasteiger partial charge in [-0.05, 0) is 58.0 Å². The van der Waals surface area contributed by atoms with Crippen LogP contribution in [0.2, 0.25) is 10.0 Å². The van der Waals surface area contributed by atoms with E-state index in [0.29, 0.717) is 16.1 Å². The maximum Gasteiger partial charge on any atom is 0.0639 e. The van der Waals surface area contributed by atoms with E-state index in [4.69, 9.17) is 23.2 Å². The van der Waals surface area contributed by atoms with Gasteiger partial charge in [0.1, 0.15) is 0 Å². The van der Waals surface area contributed by atoms with Crippen LogP contribution in [0.5, 0.6) is 0 Å². The van der Waals surface area contributed by atoms with Crippen LogP contribution < -0.4 is 5.32 Å². The van der Waals surface area contributed by atoms with Crippen LogP contribution in [0.15, 0.2) is 18.2 Å². The fourth-order valence-electron chi connectivity index (χ4n) is 2.62. The summed E-state index contributed by atoms with van der Waals surface area (Å²) in [5.41, 5.74) is 1.07. The summed E-state index contributed by atoms with van der Waals surface area (Å²) in [7, 11) is 0. The Morgan fingerprint density at radius 1 is 1.14 bits per heavy atom. The number of nitrogens with one attached hydrogen (secondary N) is 1. The number of nitrogens with zero attached hydrogens (tertiary/aromatic N) is 1. The van der Waals surface area contributed by atoms with E-state index in [1.165, 1.54) is 19.4 Å². The lowest BCUT2D eigenvalue weighted by Crippen LogP contribution is -2.31. The van der Waals surface area contributed by atoms with Crippen LogP contribution in [-0.2, 0) is 0 Å². The molecule has 0 aliphatic carbocycles. The summed E-state index contributed by atoms with van der Waals surface area (Å²) in [6, 6.07) is 6.49. The zero-order valence-electron chi connectivity index (χ0n) is 13.6. The first-order valence-electron chi connectivity index (χ1n) is 7.91. The van der Waals surface area contributed by atoms with Crippen molar-refractivity contribution in [2.75, 3.05) is 19.6 Å². The van der Waals surface area contributed by atoms with E-state index < -0.39 is 0 Å². The highest BCUT2D eigenvalue weighted by molar-refractivity contribution is 6.42. The molecule has 0 heterocycles. The highest BCUT2D eigenvalue weighted by atomic mass is 35.5. The molecule has 2 unspecified atom stereocenters. The smallest absolute Gasteiger partial charge is 0.0639 e. The van der Waals surface area contributed by atoms with Crippen LogP contribution in [0.25, 0.3) is 0 Å². The first-order chi connectivity index (χ1) is 9.99. The molecule has 0 bridgehead atoms. The second-order valence-corrected chi connectivity index (χ2v) is 6.39. The second-order valence-electron chi connectivity index (χ2n) is 5.60. The Kier molecular flexibility index (Phi) is 8.65. The average Bonchev–Trinajstić information content (AvgIpc) is 2.46. The Morgan fingerprint density at radius 2 is 1.81 bits per heavy atom. The minimum atomic E-state index is 0.208. The van der Waals surface area contributed by atoms with Gasteiger partial charge in [0.15, 0.2) is 0 Å². The van der Waals surface area contributed by atoms with Crippen molar-refractivity contribution in [1.82, 2.24) is 10.2 Å². The molecule has 0 saturated carbocycles. The van der Waals surface area contributed by atoms with Crippen LogP contribution in [-0.4, -0.2) is 30.6 Å². The third-order valence-corrected chi connectivity index (χ3v) is 4.82. The van der Waals surface area contributed by atoms with Gasteiger partial charge < -0.3 is 10.2 Å². The van der Waals surface area contributed by atoms with Crippen molar-refractivity contribution in [1.29, 1.82) is 0 Å². The van der Waals surface area contributed by atoms with Crippen LogP contribution in [0, 0.1) is 0 Å². The van der Waals surface area contributed by atoms with Gasteiger partial charge in [-0.1, -0.05) is 49.2 Å². The SMILES string of the molecule is CCN(CC)CCCC(C)NC(C)c1cccc(Cl)c1Cl. The largest absolute Gasteiger partial charge is 0.308 e. The highest BCUT2D eigenvalue weighted by Crippen LogP contribution is 2.30. The number of rotatable bonds is 9. The number of hydrogen-bond acceptors (Lipinski definition) is 2. The highest BCUT2D eigenvalue weighted by Gasteiger charge is 2.14. The van der Waals surface area contributed by atoms with Gasteiger partial charge in [0.2, 0.25) is 0 Å². The molecule has 0 saturated heterocycles. The van der Waals surface area contributed by atoms with Gasteiger partial charge in [-0.25, -0.2) is 0 Å². The summed E-state index contributed by atoms with van der Waals surface area (Å²) in [5, 5.41) is 4.90. The van der Waals surface area contributed by atoms with Crippen molar-refractivity contribution >= 4 is 23.2 Å². The molecule has 0 aromatic heterocycles. The second kappa shape index (κ2) is 9.68. The standard InChI is InChI=1S/C17H28Cl2N2/c1-5-21(6-2)12-8-9-13(3)20-14(4)15-10-7-11-16(18)17(15)19/h7,10-11,13-14,20H,5-6,8-9,12H2,1-4H3. The molecule has 120 valence electrons. The van der Waals surface area contributed by atoms with E-state index in [9.17, 15) is 0 Å². The molecule has 0 radical (unpaired) electrons. The molecule has 1 rings (SSSR count). The molecular weight excluding hydrogens is 303 g/mol. The van der Waals surface area contributed by atoms with Crippen molar-refractivity contribution in [2.45, 2.75) is 52.6 Å². The summed E-state index contributed by atoms with van der Waals surface area (Å²) < 4.78 is 0. The van der Waals surface area contributed by atoms with Crippen molar-refractivity contribution in [3.8, 4) is 0 Å². The molecule has 0 amide bonds. The molecule has 0 spiro atoms. The predicted molar refractivity (Wildman–Crippen MR) is 94.5 cm³/mol. The van der Waals surface area contributed by atoms with E-state index in [-0.39, 0.29) is 6.04 Å². The number of halogens is 2. The topological polar surface area (TPSA) is 15.3 Å². The lowest BCUT2D eigenvalue weighted by atomic mass is 10.1. The van der Waals surface area contributed by atoms with Gasteiger partial charge in [0.05, 0.1) is 10.0 Å². The monoisotopic (exact) mass is 330 g/mol. The lowest BCUT2D eigenvalue weighted by molar-refractivity contribution is 0.288. The van der Waals surface area contributed by atoms with Crippen LogP contribution >= 0.6 is 23.2 Å². The zero-order valence-corrected chi connectivity index (χ0v) is 15.1. The lowest BCUT2D eigenvalue weighted by Gasteiger charge is -2.23. The van der Waals surface area contributed by atoms with Crippen molar-refractivity contribution in [3.05, 3.63) is 33.8 Å². The van der Waals surface area contributed by atoms with E-state index >= 15 is 0 Å². The maximum absolute atomic E-state index is 6.28. The molecule has 1 aromatic rings. The third-order valence-electron chi connectivity index (χ3n) is 3.99. The summed E-state index contributed by atoms with van der Waals surface area (Å²) in [6.07, 6.45) is 2.38. The number of hydrogen-bond donors (Lipinski definition) is 1.